The minimum atomic E-state index is 0.0746. The Balaban J connectivity index is 1.65. The zero-order valence-electron chi connectivity index (χ0n) is 12.9. The third kappa shape index (κ3) is 3.62. The fraction of sp³-hybridized carbons (Fsp3) is 0.706. The Morgan fingerprint density at radius 3 is 2.95 bits per heavy atom. The molecule has 2 aliphatic rings. The van der Waals surface area contributed by atoms with E-state index in [-0.39, 0.29) is 5.60 Å². The number of hydrogen-bond donors (Lipinski definition) is 1. The molecule has 3 heterocycles. The molecule has 0 aliphatic carbocycles. The van der Waals surface area contributed by atoms with E-state index in [4.69, 9.17) is 9.47 Å². The van der Waals surface area contributed by atoms with Gasteiger partial charge in [0, 0.05) is 38.3 Å². The van der Waals surface area contributed by atoms with Crippen LogP contribution in [0, 0.1) is 5.92 Å². The molecule has 2 saturated heterocycles. The predicted octanol–water partition coefficient (Wildman–Crippen LogP) is 2.19. The molecule has 1 aromatic rings. The molecule has 0 aromatic carbocycles. The number of rotatable bonds is 4. The second kappa shape index (κ2) is 6.86. The van der Waals surface area contributed by atoms with E-state index >= 15 is 0 Å². The van der Waals surface area contributed by atoms with Gasteiger partial charge in [0.05, 0.1) is 5.60 Å². The molecule has 0 bridgehead atoms. The molecule has 0 saturated carbocycles. The maximum absolute atomic E-state index is 6.16. The number of ether oxygens (including phenoxy) is 2. The molecule has 2 atom stereocenters. The first kappa shape index (κ1) is 14.9. The van der Waals surface area contributed by atoms with Gasteiger partial charge in [-0.2, -0.15) is 0 Å². The van der Waals surface area contributed by atoms with E-state index < -0.39 is 0 Å². The van der Waals surface area contributed by atoms with Crippen LogP contribution in [0.1, 0.15) is 31.2 Å². The lowest BCUT2D eigenvalue weighted by molar-refractivity contribution is -0.149. The third-order valence-electron chi connectivity index (χ3n) is 5.05. The number of nitrogens with one attached hydrogen (secondary N) is 1. The average Bonchev–Trinajstić information content (AvgIpc) is 2.54. The Labute approximate surface area is 127 Å². The molecule has 4 heteroatoms. The molecule has 0 radical (unpaired) electrons. The molecule has 2 aliphatic heterocycles. The molecular formula is C17H26N2O2. The minimum Gasteiger partial charge on any atom is -0.381 e. The van der Waals surface area contributed by atoms with Gasteiger partial charge in [-0.25, -0.2) is 0 Å². The average molecular weight is 290 g/mol. The van der Waals surface area contributed by atoms with Gasteiger partial charge in [0.1, 0.15) is 0 Å². The molecule has 1 aromatic heterocycles. The highest BCUT2D eigenvalue weighted by molar-refractivity contribution is 5.11. The van der Waals surface area contributed by atoms with Gasteiger partial charge in [0.2, 0.25) is 0 Å². The lowest BCUT2D eigenvalue weighted by Gasteiger charge is -2.45. The van der Waals surface area contributed by atoms with Crippen LogP contribution in [0.5, 0.6) is 0 Å². The molecule has 0 amide bonds. The van der Waals surface area contributed by atoms with Gasteiger partial charge < -0.3 is 14.8 Å². The largest absolute Gasteiger partial charge is 0.381 e. The van der Waals surface area contributed by atoms with E-state index in [1.54, 1.807) is 0 Å². The summed E-state index contributed by atoms with van der Waals surface area (Å²) in [5.74, 6) is 0.669. The molecule has 116 valence electrons. The SMILES string of the molecule is CNC(Cc1cccnc1)C1CCOC2(CCOCC2)C1. The zero-order chi connectivity index (χ0) is 14.5. The van der Waals surface area contributed by atoms with Crippen LogP contribution >= 0.6 is 0 Å². The smallest absolute Gasteiger partial charge is 0.0729 e. The number of nitrogens with zero attached hydrogens (tertiary/aromatic N) is 1. The van der Waals surface area contributed by atoms with Crippen LogP contribution in [0.25, 0.3) is 0 Å². The van der Waals surface area contributed by atoms with Crippen molar-refractivity contribution in [1.29, 1.82) is 0 Å². The van der Waals surface area contributed by atoms with Crippen LogP contribution in [0.4, 0.5) is 0 Å². The maximum atomic E-state index is 6.16. The molecule has 2 unspecified atom stereocenters. The number of pyridine rings is 1. The van der Waals surface area contributed by atoms with Crippen molar-refractivity contribution in [2.45, 2.75) is 43.7 Å². The van der Waals surface area contributed by atoms with Crippen LogP contribution in [0.2, 0.25) is 0 Å². The van der Waals surface area contributed by atoms with Crippen molar-refractivity contribution in [1.82, 2.24) is 10.3 Å². The van der Waals surface area contributed by atoms with Crippen LogP contribution in [0.15, 0.2) is 24.5 Å². The topological polar surface area (TPSA) is 43.4 Å². The van der Waals surface area contributed by atoms with E-state index in [0.717, 1.165) is 51.9 Å². The Morgan fingerprint density at radius 1 is 1.38 bits per heavy atom. The quantitative estimate of drug-likeness (QED) is 0.923. The van der Waals surface area contributed by atoms with Gasteiger partial charge in [-0.15, -0.1) is 0 Å². The molecule has 21 heavy (non-hydrogen) atoms. The summed E-state index contributed by atoms with van der Waals surface area (Å²) in [6.45, 7) is 2.58. The third-order valence-corrected chi connectivity index (χ3v) is 5.05. The lowest BCUT2D eigenvalue weighted by Crippen LogP contribution is -2.49. The van der Waals surface area contributed by atoms with Crippen LogP contribution < -0.4 is 5.32 Å². The van der Waals surface area contributed by atoms with Crippen LogP contribution in [-0.4, -0.2) is 43.5 Å². The van der Waals surface area contributed by atoms with E-state index in [1.807, 2.05) is 18.5 Å². The summed E-state index contributed by atoms with van der Waals surface area (Å²) < 4.78 is 11.7. The Hall–Kier alpha value is -0.970. The molecule has 3 rings (SSSR count). The Kier molecular flexibility index (Phi) is 4.88. The fourth-order valence-electron chi connectivity index (χ4n) is 3.78. The Bertz CT molecular complexity index is 426. The number of aromatic nitrogens is 1. The fourth-order valence-corrected chi connectivity index (χ4v) is 3.78. The zero-order valence-corrected chi connectivity index (χ0v) is 12.9. The van der Waals surface area contributed by atoms with Crippen molar-refractivity contribution in [3.8, 4) is 0 Å². The molecule has 1 N–H and O–H groups in total. The van der Waals surface area contributed by atoms with Crippen molar-refractivity contribution in [2.75, 3.05) is 26.9 Å². The summed E-state index contributed by atoms with van der Waals surface area (Å²) in [6.07, 6.45) is 9.26. The van der Waals surface area contributed by atoms with Gasteiger partial charge in [-0.3, -0.25) is 4.98 Å². The van der Waals surface area contributed by atoms with Crippen molar-refractivity contribution in [3.05, 3.63) is 30.1 Å². The van der Waals surface area contributed by atoms with Gasteiger partial charge >= 0.3 is 0 Å². The number of likely N-dealkylation sites (N-methyl/N-ethyl adjacent to an activating group) is 1. The van der Waals surface area contributed by atoms with Crippen molar-refractivity contribution >= 4 is 0 Å². The molecular weight excluding hydrogens is 264 g/mol. The summed E-state index contributed by atoms with van der Waals surface area (Å²) >= 11 is 0. The monoisotopic (exact) mass is 290 g/mol. The lowest BCUT2D eigenvalue weighted by atomic mass is 9.76. The normalized spacial score (nSPS) is 26.6. The first-order chi connectivity index (χ1) is 10.3. The molecule has 2 fully saturated rings. The second-order valence-electron chi connectivity index (χ2n) is 6.36. The van der Waals surface area contributed by atoms with E-state index in [1.165, 1.54) is 5.56 Å². The summed E-state index contributed by atoms with van der Waals surface area (Å²) in [5.41, 5.74) is 1.38. The highest BCUT2D eigenvalue weighted by atomic mass is 16.5. The van der Waals surface area contributed by atoms with Crippen molar-refractivity contribution in [2.24, 2.45) is 5.92 Å². The standard InChI is InChI=1S/C17H26N2O2/c1-18-16(11-14-3-2-7-19-13-14)15-4-8-21-17(12-15)5-9-20-10-6-17/h2-3,7,13,15-16,18H,4-6,8-12H2,1H3. The van der Waals surface area contributed by atoms with Crippen molar-refractivity contribution in [3.63, 3.8) is 0 Å². The highest BCUT2D eigenvalue weighted by Gasteiger charge is 2.40. The predicted molar refractivity (Wildman–Crippen MR) is 82.2 cm³/mol. The van der Waals surface area contributed by atoms with E-state index in [0.29, 0.717) is 12.0 Å². The van der Waals surface area contributed by atoms with E-state index in [9.17, 15) is 0 Å². The summed E-state index contributed by atoms with van der Waals surface area (Å²) in [5, 5.41) is 3.53. The summed E-state index contributed by atoms with van der Waals surface area (Å²) in [4.78, 5) is 4.23. The highest BCUT2D eigenvalue weighted by Crippen LogP contribution is 2.38. The van der Waals surface area contributed by atoms with Crippen LogP contribution in [0.3, 0.4) is 0 Å². The number of hydrogen-bond acceptors (Lipinski definition) is 4. The first-order valence-corrected chi connectivity index (χ1v) is 8.09. The first-order valence-electron chi connectivity index (χ1n) is 8.09. The van der Waals surface area contributed by atoms with Gasteiger partial charge in [0.25, 0.3) is 0 Å². The van der Waals surface area contributed by atoms with Gasteiger partial charge in [-0.1, -0.05) is 6.07 Å². The minimum absolute atomic E-state index is 0.0746. The van der Waals surface area contributed by atoms with E-state index in [2.05, 4.69) is 23.4 Å². The molecule has 1 spiro atoms. The summed E-state index contributed by atoms with van der Waals surface area (Å²) in [6, 6.07) is 4.69. The van der Waals surface area contributed by atoms with Crippen LogP contribution in [-0.2, 0) is 15.9 Å². The maximum Gasteiger partial charge on any atom is 0.0729 e. The molecule has 4 nitrogen and oxygen atoms in total. The van der Waals surface area contributed by atoms with Gasteiger partial charge in [0.15, 0.2) is 0 Å². The van der Waals surface area contributed by atoms with Crippen molar-refractivity contribution < 1.29 is 9.47 Å². The summed E-state index contributed by atoms with van der Waals surface area (Å²) in [7, 11) is 2.08. The Morgan fingerprint density at radius 2 is 2.24 bits per heavy atom. The van der Waals surface area contributed by atoms with Gasteiger partial charge in [-0.05, 0) is 56.7 Å². The second-order valence-corrected chi connectivity index (χ2v) is 6.36.